The second-order valence-electron chi connectivity index (χ2n) is 8.53. The van der Waals surface area contributed by atoms with Crippen molar-refractivity contribution in [1.82, 2.24) is 15.0 Å². The summed E-state index contributed by atoms with van der Waals surface area (Å²) in [6, 6.07) is 5.86. The van der Waals surface area contributed by atoms with Gasteiger partial charge in [-0.15, -0.1) is 0 Å². The summed E-state index contributed by atoms with van der Waals surface area (Å²) in [4.78, 5) is 25.7. The molecule has 0 spiro atoms. The van der Waals surface area contributed by atoms with Gasteiger partial charge in [0.15, 0.2) is 5.82 Å². The Kier molecular flexibility index (Phi) is 7.18. The van der Waals surface area contributed by atoms with Crippen molar-refractivity contribution >= 4 is 29.0 Å². The minimum atomic E-state index is -0.628. The molecule has 0 fully saturated rings. The van der Waals surface area contributed by atoms with Gasteiger partial charge in [-0.3, -0.25) is 10.3 Å². The largest absolute Gasteiger partial charge is 0.388 e. The molecule has 0 aliphatic heterocycles. The van der Waals surface area contributed by atoms with E-state index in [9.17, 15) is 14.3 Å². The van der Waals surface area contributed by atoms with E-state index in [2.05, 4.69) is 20.3 Å². The molecular formula is C23H26ClFN5O2+. The molecule has 9 heteroatoms. The van der Waals surface area contributed by atoms with Crippen LogP contribution in [0.15, 0.2) is 42.9 Å². The summed E-state index contributed by atoms with van der Waals surface area (Å²) in [6.45, 7) is 7.86. The predicted octanol–water partition coefficient (Wildman–Crippen LogP) is 3.46. The minimum absolute atomic E-state index is 0.170. The number of aliphatic hydroxyl groups is 1. The van der Waals surface area contributed by atoms with Crippen LogP contribution < -0.4 is 10.6 Å². The Morgan fingerprint density at radius 1 is 1.28 bits per heavy atom. The van der Waals surface area contributed by atoms with Gasteiger partial charge in [-0.1, -0.05) is 32.4 Å². The molecule has 1 aromatic carbocycles. The van der Waals surface area contributed by atoms with Gasteiger partial charge in [0.05, 0.1) is 11.3 Å². The smallest absolute Gasteiger partial charge is 0.346 e. The van der Waals surface area contributed by atoms with Crippen LogP contribution in [0.4, 0.5) is 15.9 Å². The average molecular weight is 459 g/mol. The summed E-state index contributed by atoms with van der Waals surface area (Å²) in [6.07, 6.45) is 4.03. The lowest BCUT2D eigenvalue weighted by Gasteiger charge is -2.23. The van der Waals surface area contributed by atoms with Crippen molar-refractivity contribution in [3.63, 3.8) is 0 Å². The van der Waals surface area contributed by atoms with E-state index in [0.29, 0.717) is 22.1 Å². The van der Waals surface area contributed by atoms with Crippen molar-refractivity contribution in [3.8, 4) is 11.4 Å². The molecule has 7 nitrogen and oxygen atoms in total. The van der Waals surface area contributed by atoms with Gasteiger partial charge in [0.2, 0.25) is 0 Å². The molecule has 0 radical (unpaired) electrons. The SMILES string of the molecule is CC(O)C[NH2+]C(=O)c1cnccc1Nc1nc(-c2cc(Cl)ccc2F)ncc1C(C)(C)C. The van der Waals surface area contributed by atoms with Crippen LogP contribution in [0.5, 0.6) is 0 Å². The molecule has 2 aromatic heterocycles. The summed E-state index contributed by atoms with van der Waals surface area (Å²) in [5.41, 5.74) is 1.46. The minimum Gasteiger partial charge on any atom is -0.388 e. The molecule has 3 aromatic rings. The first-order valence-corrected chi connectivity index (χ1v) is 10.5. The third kappa shape index (κ3) is 5.64. The molecule has 32 heavy (non-hydrogen) atoms. The van der Waals surface area contributed by atoms with Gasteiger partial charge in [-0.25, -0.2) is 19.2 Å². The van der Waals surface area contributed by atoms with Gasteiger partial charge < -0.3 is 10.4 Å². The standard InChI is InChI=1S/C23H25ClFN5O2/c1-13(31)10-28-22(32)16-11-26-8-7-19(16)29-21-17(23(2,3)4)12-27-20(30-21)15-9-14(24)5-6-18(15)25/h5-9,11-13,31H,10H2,1-4H3,(H,28,32)(H,26,27,29,30)/p+1. The molecule has 3 rings (SSSR count). The number of benzene rings is 1. The number of amides is 1. The number of carbonyl (C=O) groups excluding carboxylic acids is 1. The summed E-state index contributed by atoms with van der Waals surface area (Å²) in [5, 5.41) is 14.5. The fraction of sp³-hybridized carbons (Fsp3) is 0.304. The highest BCUT2D eigenvalue weighted by Gasteiger charge is 2.24. The van der Waals surface area contributed by atoms with Crippen LogP contribution in [0.1, 0.15) is 43.6 Å². The van der Waals surface area contributed by atoms with Crippen molar-refractivity contribution in [1.29, 1.82) is 0 Å². The Balaban J connectivity index is 2.06. The van der Waals surface area contributed by atoms with E-state index >= 15 is 0 Å². The first-order valence-electron chi connectivity index (χ1n) is 10.2. The number of nitrogens with zero attached hydrogens (tertiary/aromatic N) is 3. The number of pyridine rings is 1. The van der Waals surface area contributed by atoms with E-state index in [4.69, 9.17) is 11.6 Å². The van der Waals surface area contributed by atoms with E-state index < -0.39 is 11.9 Å². The van der Waals surface area contributed by atoms with E-state index in [0.717, 1.165) is 5.56 Å². The lowest BCUT2D eigenvalue weighted by atomic mass is 9.88. The van der Waals surface area contributed by atoms with Crippen molar-refractivity contribution < 1.29 is 19.6 Å². The number of hydrogen-bond acceptors (Lipinski definition) is 6. The Hall–Kier alpha value is -2.94. The lowest BCUT2D eigenvalue weighted by molar-refractivity contribution is -0.562. The zero-order valence-corrected chi connectivity index (χ0v) is 19.1. The van der Waals surface area contributed by atoms with Crippen LogP contribution in [0.25, 0.3) is 11.4 Å². The van der Waals surface area contributed by atoms with Crippen LogP contribution in [0.3, 0.4) is 0 Å². The number of carbonyl (C=O) groups is 1. The van der Waals surface area contributed by atoms with Crippen LogP contribution in [0, 0.1) is 5.82 Å². The number of rotatable bonds is 6. The second kappa shape index (κ2) is 9.68. The Morgan fingerprint density at radius 2 is 2.03 bits per heavy atom. The van der Waals surface area contributed by atoms with Gasteiger partial charge in [-0.2, -0.15) is 0 Å². The number of aliphatic hydroxyl groups excluding tert-OH is 1. The number of halogens is 2. The maximum atomic E-state index is 14.4. The quantitative estimate of drug-likeness (QED) is 0.522. The van der Waals surface area contributed by atoms with E-state index in [1.54, 1.807) is 25.4 Å². The van der Waals surface area contributed by atoms with Gasteiger partial charge >= 0.3 is 5.91 Å². The molecule has 1 atom stereocenters. The monoisotopic (exact) mass is 458 g/mol. The second-order valence-corrected chi connectivity index (χ2v) is 8.97. The number of hydrogen-bond donors (Lipinski definition) is 3. The molecular weight excluding hydrogens is 433 g/mol. The van der Waals surface area contributed by atoms with E-state index in [1.165, 1.54) is 29.7 Å². The molecule has 1 unspecified atom stereocenters. The molecule has 1 amide bonds. The maximum Gasteiger partial charge on any atom is 0.346 e. The molecule has 2 heterocycles. The number of anilines is 2. The molecule has 0 aliphatic rings. The van der Waals surface area contributed by atoms with E-state index in [1.807, 2.05) is 20.8 Å². The normalized spacial score (nSPS) is 12.5. The van der Waals surface area contributed by atoms with Crippen LogP contribution in [0.2, 0.25) is 5.02 Å². The average Bonchev–Trinajstić information content (AvgIpc) is 2.73. The lowest BCUT2D eigenvalue weighted by Crippen LogP contribution is -2.89. The Labute approximate surface area is 191 Å². The molecule has 0 bridgehead atoms. The van der Waals surface area contributed by atoms with Crippen LogP contribution in [-0.2, 0) is 5.41 Å². The van der Waals surface area contributed by atoms with Gasteiger partial charge in [0, 0.05) is 29.2 Å². The van der Waals surface area contributed by atoms with Crippen molar-refractivity contribution in [2.75, 3.05) is 11.9 Å². The van der Waals surface area contributed by atoms with Gasteiger partial charge in [0.1, 0.15) is 29.8 Å². The molecule has 0 saturated heterocycles. The van der Waals surface area contributed by atoms with Crippen LogP contribution in [-0.4, -0.2) is 38.6 Å². The predicted molar refractivity (Wildman–Crippen MR) is 121 cm³/mol. The summed E-state index contributed by atoms with van der Waals surface area (Å²) in [7, 11) is 0. The van der Waals surface area contributed by atoms with Gasteiger partial charge in [0.25, 0.3) is 0 Å². The summed E-state index contributed by atoms with van der Waals surface area (Å²) < 4.78 is 14.4. The molecule has 168 valence electrons. The molecule has 0 aliphatic carbocycles. The van der Waals surface area contributed by atoms with Crippen molar-refractivity contribution in [2.45, 2.75) is 39.2 Å². The Bertz CT molecular complexity index is 1130. The zero-order chi connectivity index (χ0) is 23.5. The Morgan fingerprint density at radius 3 is 2.72 bits per heavy atom. The number of nitrogens with one attached hydrogen (secondary N) is 1. The summed E-state index contributed by atoms with van der Waals surface area (Å²) in [5.74, 6) is -0.147. The fourth-order valence-corrected chi connectivity index (χ4v) is 3.21. The summed E-state index contributed by atoms with van der Waals surface area (Å²) >= 11 is 6.04. The first kappa shape index (κ1) is 23.7. The van der Waals surface area contributed by atoms with Gasteiger partial charge in [-0.05, 0) is 36.6 Å². The highest BCUT2D eigenvalue weighted by molar-refractivity contribution is 6.30. The maximum absolute atomic E-state index is 14.4. The zero-order valence-electron chi connectivity index (χ0n) is 18.4. The van der Waals surface area contributed by atoms with Crippen molar-refractivity contribution in [3.05, 3.63) is 64.8 Å². The topological polar surface area (TPSA) is 105 Å². The fourth-order valence-electron chi connectivity index (χ4n) is 3.04. The third-order valence-corrected chi connectivity index (χ3v) is 4.99. The van der Waals surface area contributed by atoms with Crippen LogP contribution >= 0.6 is 11.6 Å². The number of quaternary nitrogens is 1. The number of nitrogens with two attached hydrogens (primary N) is 1. The highest BCUT2D eigenvalue weighted by atomic mass is 35.5. The molecule has 4 N–H and O–H groups in total. The van der Waals surface area contributed by atoms with E-state index in [-0.39, 0.29) is 29.3 Å². The molecule has 0 saturated carbocycles. The highest BCUT2D eigenvalue weighted by Crippen LogP contribution is 2.33. The number of aromatic nitrogens is 3. The third-order valence-electron chi connectivity index (χ3n) is 4.75. The first-order chi connectivity index (χ1) is 15.1. The van der Waals surface area contributed by atoms with Crippen molar-refractivity contribution in [2.24, 2.45) is 0 Å². The number of primary amides is 1.